The molecule has 2 amide bonds. The predicted molar refractivity (Wildman–Crippen MR) is 101 cm³/mol. The van der Waals surface area contributed by atoms with E-state index in [-0.39, 0.29) is 18.2 Å². The van der Waals surface area contributed by atoms with Crippen molar-refractivity contribution in [1.29, 1.82) is 0 Å². The van der Waals surface area contributed by atoms with Crippen LogP contribution in [0.3, 0.4) is 0 Å². The summed E-state index contributed by atoms with van der Waals surface area (Å²) in [4.78, 5) is 34.0. The van der Waals surface area contributed by atoms with E-state index in [0.717, 1.165) is 16.9 Å². The van der Waals surface area contributed by atoms with Crippen LogP contribution in [0.15, 0.2) is 48.5 Å². The van der Waals surface area contributed by atoms with Crippen molar-refractivity contribution in [3.8, 4) is 5.75 Å². The maximum atomic E-state index is 12.7. The zero-order chi connectivity index (χ0) is 18.1. The fraction of sp³-hybridized carbons (Fsp3) is 0.211. The monoisotopic (exact) mass is 367 g/mol. The summed E-state index contributed by atoms with van der Waals surface area (Å²) in [6.45, 7) is 0. The highest BCUT2D eigenvalue weighted by Gasteiger charge is 2.39. The van der Waals surface area contributed by atoms with Gasteiger partial charge < -0.3 is 9.72 Å². The van der Waals surface area contributed by atoms with E-state index in [9.17, 15) is 9.59 Å². The van der Waals surface area contributed by atoms with E-state index in [0.29, 0.717) is 17.2 Å². The molecule has 1 aliphatic heterocycles. The Morgan fingerprint density at radius 1 is 1.19 bits per heavy atom. The molecule has 2 heterocycles. The van der Waals surface area contributed by atoms with Gasteiger partial charge in [-0.2, -0.15) is 0 Å². The molecular weight excluding hydrogens is 350 g/mol. The molecule has 4 rings (SSSR count). The highest BCUT2D eigenvalue weighted by atomic mass is 32.2. The third kappa shape index (κ3) is 3.06. The first-order chi connectivity index (χ1) is 12.7. The third-order valence-electron chi connectivity index (χ3n) is 4.30. The molecule has 0 bridgehead atoms. The van der Waals surface area contributed by atoms with Crippen molar-refractivity contribution in [3.05, 3.63) is 54.4 Å². The number of carbonyl (C=O) groups is 2. The van der Waals surface area contributed by atoms with Gasteiger partial charge in [-0.25, -0.2) is 9.88 Å². The van der Waals surface area contributed by atoms with Crippen molar-refractivity contribution in [2.24, 2.45) is 0 Å². The second kappa shape index (κ2) is 6.84. The third-order valence-corrected chi connectivity index (χ3v) is 5.51. The summed E-state index contributed by atoms with van der Waals surface area (Å²) >= 11 is 1.44. The zero-order valence-corrected chi connectivity index (χ0v) is 15.0. The largest absolute Gasteiger partial charge is 0.497 e. The number of hydrogen-bond acceptors (Lipinski definition) is 5. The van der Waals surface area contributed by atoms with Crippen LogP contribution in [0.4, 0.5) is 5.69 Å². The molecule has 1 saturated heterocycles. The molecule has 2 aromatic carbocycles. The van der Waals surface area contributed by atoms with Crippen LogP contribution in [0.1, 0.15) is 12.2 Å². The standard InChI is InChI=1S/C19H17N3O3S/c1-25-13-8-6-12(7-9-13)22-18(23)10-16(19(22)24)26-11-17-20-14-4-2-3-5-15(14)21-17/h2-9,16H,10-11H2,1H3,(H,20,21). The Morgan fingerprint density at radius 2 is 1.96 bits per heavy atom. The van der Waals surface area contributed by atoms with Crippen molar-refractivity contribution >= 4 is 40.3 Å². The van der Waals surface area contributed by atoms with Crippen LogP contribution < -0.4 is 9.64 Å². The number of thioether (sulfide) groups is 1. The number of amides is 2. The minimum absolute atomic E-state index is 0.178. The smallest absolute Gasteiger partial charge is 0.247 e. The predicted octanol–water partition coefficient (Wildman–Crippen LogP) is 3.14. The van der Waals surface area contributed by atoms with Gasteiger partial charge >= 0.3 is 0 Å². The first-order valence-electron chi connectivity index (χ1n) is 8.22. The van der Waals surface area contributed by atoms with Gasteiger partial charge in [-0.15, -0.1) is 11.8 Å². The van der Waals surface area contributed by atoms with Crippen LogP contribution >= 0.6 is 11.8 Å². The average molecular weight is 367 g/mol. The normalized spacial score (nSPS) is 17.3. The number of aromatic nitrogens is 2. The molecule has 1 aromatic heterocycles. The van der Waals surface area contributed by atoms with Gasteiger partial charge in [-0.05, 0) is 36.4 Å². The van der Waals surface area contributed by atoms with E-state index in [1.54, 1.807) is 31.4 Å². The molecule has 6 nitrogen and oxygen atoms in total. The molecule has 7 heteroatoms. The summed E-state index contributed by atoms with van der Waals surface area (Å²) in [5.74, 6) is 1.68. The summed E-state index contributed by atoms with van der Waals surface area (Å²) in [6.07, 6.45) is 0.204. The molecule has 1 unspecified atom stereocenters. The lowest BCUT2D eigenvalue weighted by atomic mass is 10.3. The lowest BCUT2D eigenvalue weighted by molar-refractivity contribution is -0.121. The molecule has 0 aliphatic carbocycles. The Hall–Kier alpha value is -2.80. The summed E-state index contributed by atoms with van der Waals surface area (Å²) in [5, 5.41) is -0.391. The number of rotatable bonds is 5. The Kier molecular flexibility index (Phi) is 4.38. The average Bonchev–Trinajstić information content (AvgIpc) is 3.20. The number of ether oxygens (including phenoxy) is 1. The van der Waals surface area contributed by atoms with E-state index < -0.39 is 5.25 Å². The molecule has 1 fully saturated rings. The van der Waals surface area contributed by atoms with Gasteiger partial charge in [0.05, 0.1) is 34.8 Å². The first kappa shape index (κ1) is 16.7. The fourth-order valence-electron chi connectivity index (χ4n) is 2.99. The van der Waals surface area contributed by atoms with Gasteiger partial charge in [0.15, 0.2) is 0 Å². The van der Waals surface area contributed by atoms with Crippen LogP contribution in [-0.4, -0.2) is 34.1 Å². The maximum Gasteiger partial charge on any atom is 0.247 e. The summed E-state index contributed by atoms with van der Waals surface area (Å²) in [6, 6.07) is 14.7. The number of methoxy groups -OCH3 is 1. The highest BCUT2D eigenvalue weighted by molar-refractivity contribution is 7.99. The lowest BCUT2D eigenvalue weighted by Crippen LogP contribution is -2.31. The summed E-state index contributed by atoms with van der Waals surface area (Å²) in [7, 11) is 1.58. The lowest BCUT2D eigenvalue weighted by Gasteiger charge is -2.15. The van der Waals surface area contributed by atoms with E-state index in [4.69, 9.17) is 4.74 Å². The van der Waals surface area contributed by atoms with Gasteiger partial charge in [0, 0.05) is 6.42 Å². The highest BCUT2D eigenvalue weighted by Crippen LogP contribution is 2.32. The van der Waals surface area contributed by atoms with Gasteiger partial charge in [0.1, 0.15) is 11.6 Å². The maximum absolute atomic E-state index is 12.7. The molecule has 3 aromatic rings. The Labute approximate surface area is 154 Å². The first-order valence-corrected chi connectivity index (χ1v) is 9.26. The number of para-hydroxylation sites is 2. The van der Waals surface area contributed by atoms with Crippen molar-refractivity contribution in [1.82, 2.24) is 9.97 Å². The van der Waals surface area contributed by atoms with Crippen LogP contribution in [-0.2, 0) is 15.3 Å². The molecule has 1 atom stereocenters. The van der Waals surface area contributed by atoms with Crippen LogP contribution in [0.2, 0.25) is 0 Å². The number of nitrogens with zero attached hydrogens (tertiary/aromatic N) is 2. The Balaban J connectivity index is 1.46. The number of nitrogens with one attached hydrogen (secondary N) is 1. The van der Waals surface area contributed by atoms with Crippen molar-refractivity contribution < 1.29 is 14.3 Å². The van der Waals surface area contributed by atoms with Gasteiger partial charge in [-0.3, -0.25) is 9.59 Å². The minimum atomic E-state index is -0.391. The van der Waals surface area contributed by atoms with Crippen molar-refractivity contribution in [3.63, 3.8) is 0 Å². The van der Waals surface area contributed by atoms with Crippen molar-refractivity contribution in [2.45, 2.75) is 17.4 Å². The molecule has 0 spiro atoms. The van der Waals surface area contributed by atoms with Gasteiger partial charge in [0.25, 0.3) is 0 Å². The van der Waals surface area contributed by atoms with E-state index in [1.807, 2.05) is 24.3 Å². The molecule has 0 saturated carbocycles. The Morgan fingerprint density at radius 3 is 2.69 bits per heavy atom. The Bertz CT molecular complexity index is 935. The molecule has 1 N–H and O–H groups in total. The number of imidazole rings is 1. The fourth-order valence-corrected chi connectivity index (χ4v) is 3.99. The number of carbonyl (C=O) groups excluding carboxylic acids is 2. The van der Waals surface area contributed by atoms with E-state index in [2.05, 4.69) is 9.97 Å². The van der Waals surface area contributed by atoms with Crippen molar-refractivity contribution in [2.75, 3.05) is 12.0 Å². The van der Waals surface area contributed by atoms with Crippen LogP contribution in [0.25, 0.3) is 11.0 Å². The van der Waals surface area contributed by atoms with E-state index >= 15 is 0 Å². The molecule has 26 heavy (non-hydrogen) atoms. The number of anilines is 1. The number of aromatic amines is 1. The number of H-pyrrole nitrogens is 1. The van der Waals surface area contributed by atoms with Gasteiger partial charge in [-0.1, -0.05) is 12.1 Å². The quantitative estimate of drug-likeness (QED) is 0.701. The topological polar surface area (TPSA) is 75.3 Å². The SMILES string of the molecule is COc1ccc(N2C(=O)CC(SCc3nc4ccccc4[nH]3)C2=O)cc1. The van der Waals surface area contributed by atoms with E-state index in [1.165, 1.54) is 16.7 Å². The zero-order valence-electron chi connectivity index (χ0n) is 14.1. The summed E-state index contributed by atoms with van der Waals surface area (Å²) in [5.41, 5.74) is 2.45. The number of fused-ring (bicyclic) bond motifs is 1. The molecule has 132 valence electrons. The molecule has 1 aliphatic rings. The molecule has 0 radical (unpaired) electrons. The van der Waals surface area contributed by atoms with Crippen LogP contribution in [0, 0.1) is 0 Å². The summed E-state index contributed by atoms with van der Waals surface area (Å²) < 4.78 is 5.12. The minimum Gasteiger partial charge on any atom is -0.497 e. The number of hydrogen-bond donors (Lipinski definition) is 1. The molecular formula is C19H17N3O3S. The van der Waals surface area contributed by atoms with Crippen LogP contribution in [0.5, 0.6) is 5.75 Å². The van der Waals surface area contributed by atoms with Gasteiger partial charge in [0.2, 0.25) is 11.8 Å². The number of imide groups is 1. The second-order valence-electron chi connectivity index (χ2n) is 5.97. The second-order valence-corrected chi connectivity index (χ2v) is 7.16. The number of benzene rings is 2.